The summed E-state index contributed by atoms with van der Waals surface area (Å²) in [7, 11) is 6.58. The fourth-order valence-electron chi connectivity index (χ4n) is 2.06. The molecule has 0 saturated heterocycles. The number of hydrogen-bond donors (Lipinski definition) is 2. The second kappa shape index (κ2) is 9.12. The molecule has 2 N–H and O–H groups in total. The van der Waals surface area contributed by atoms with E-state index in [0.717, 1.165) is 11.5 Å². The number of nitrogens with zero attached hydrogens (tertiary/aromatic N) is 1. The maximum Gasteiger partial charge on any atom is 0.203 e. The van der Waals surface area contributed by atoms with Gasteiger partial charge in [-0.15, -0.1) is 0 Å². The van der Waals surface area contributed by atoms with Crippen LogP contribution in [0, 0.1) is 5.92 Å². The number of guanidine groups is 1. The standard InChI is InChI=1S/C17H29N3O3/c1-11(2)12(3)20-17(18-4)19-10-13-8-9-14(21-5)16(23-7)15(13)22-6/h8-9,11-12H,10H2,1-7H3,(H2,18,19,20). The lowest BCUT2D eigenvalue weighted by Crippen LogP contribution is -2.43. The number of rotatable bonds is 7. The minimum atomic E-state index is 0.327. The highest BCUT2D eigenvalue weighted by Crippen LogP contribution is 2.39. The fourth-order valence-corrected chi connectivity index (χ4v) is 2.06. The number of nitrogens with one attached hydrogen (secondary N) is 2. The van der Waals surface area contributed by atoms with E-state index in [1.807, 2.05) is 12.1 Å². The number of ether oxygens (including phenoxy) is 3. The van der Waals surface area contributed by atoms with Crippen LogP contribution in [0.2, 0.25) is 0 Å². The van der Waals surface area contributed by atoms with Crippen LogP contribution in [0.3, 0.4) is 0 Å². The topological polar surface area (TPSA) is 64.1 Å². The van der Waals surface area contributed by atoms with E-state index in [-0.39, 0.29) is 0 Å². The number of benzene rings is 1. The summed E-state index contributed by atoms with van der Waals surface area (Å²) >= 11 is 0. The molecule has 0 aliphatic carbocycles. The van der Waals surface area contributed by atoms with Gasteiger partial charge < -0.3 is 24.8 Å². The molecule has 1 rings (SSSR count). The molecule has 0 spiro atoms. The van der Waals surface area contributed by atoms with Crippen LogP contribution in [0.5, 0.6) is 17.2 Å². The van der Waals surface area contributed by atoms with Crippen molar-refractivity contribution in [3.05, 3.63) is 17.7 Å². The average Bonchev–Trinajstić information content (AvgIpc) is 2.56. The van der Waals surface area contributed by atoms with Gasteiger partial charge in [-0.1, -0.05) is 13.8 Å². The lowest BCUT2D eigenvalue weighted by atomic mass is 10.1. The molecule has 0 radical (unpaired) electrons. The van der Waals surface area contributed by atoms with Crippen molar-refractivity contribution < 1.29 is 14.2 Å². The molecule has 1 unspecified atom stereocenters. The van der Waals surface area contributed by atoms with E-state index in [9.17, 15) is 0 Å². The van der Waals surface area contributed by atoms with E-state index in [1.54, 1.807) is 28.4 Å². The van der Waals surface area contributed by atoms with Crippen molar-refractivity contribution in [1.82, 2.24) is 10.6 Å². The summed E-state index contributed by atoms with van der Waals surface area (Å²) < 4.78 is 16.2. The molecule has 6 heteroatoms. The molecule has 0 aliphatic rings. The Hall–Kier alpha value is -2.11. The third kappa shape index (κ3) is 4.94. The monoisotopic (exact) mass is 323 g/mol. The first-order chi connectivity index (χ1) is 11.0. The highest BCUT2D eigenvalue weighted by Gasteiger charge is 2.16. The molecule has 0 amide bonds. The maximum absolute atomic E-state index is 5.49. The van der Waals surface area contributed by atoms with Gasteiger partial charge in [-0.05, 0) is 25.0 Å². The van der Waals surface area contributed by atoms with Crippen molar-refractivity contribution >= 4 is 5.96 Å². The predicted octanol–water partition coefficient (Wildman–Crippen LogP) is 2.42. The third-order valence-electron chi connectivity index (χ3n) is 3.82. The van der Waals surface area contributed by atoms with Crippen LogP contribution in [-0.4, -0.2) is 40.4 Å². The number of aliphatic imine (C=N–C) groups is 1. The Morgan fingerprint density at radius 2 is 1.70 bits per heavy atom. The maximum atomic E-state index is 5.49. The van der Waals surface area contributed by atoms with Crippen LogP contribution in [0.1, 0.15) is 26.3 Å². The summed E-state index contributed by atoms with van der Waals surface area (Å²) in [5.74, 6) is 3.16. The molecule has 1 aromatic carbocycles. The third-order valence-corrected chi connectivity index (χ3v) is 3.82. The van der Waals surface area contributed by atoms with Crippen molar-refractivity contribution in [2.75, 3.05) is 28.4 Å². The zero-order valence-corrected chi connectivity index (χ0v) is 15.2. The van der Waals surface area contributed by atoms with Crippen molar-refractivity contribution in [2.24, 2.45) is 10.9 Å². The fraction of sp³-hybridized carbons (Fsp3) is 0.588. The Kier molecular flexibility index (Phi) is 7.51. The molecular formula is C17H29N3O3. The van der Waals surface area contributed by atoms with E-state index in [4.69, 9.17) is 14.2 Å². The van der Waals surface area contributed by atoms with E-state index >= 15 is 0 Å². The molecule has 6 nitrogen and oxygen atoms in total. The molecule has 1 aromatic rings. The van der Waals surface area contributed by atoms with Gasteiger partial charge in [0.2, 0.25) is 5.75 Å². The Balaban J connectivity index is 2.88. The largest absolute Gasteiger partial charge is 0.493 e. The van der Waals surface area contributed by atoms with E-state index in [1.165, 1.54) is 0 Å². The average molecular weight is 323 g/mol. The molecule has 23 heavy (non-hydrogen) atoms. The van der Waals surface area contributed by atoms with Gasteiger partial charge in [0.1, 0.15) is 0 Å². The summed E-state index contributed by atoms with van der Waals surface area (Å²) in [6.45, 7) is 7.03. The summed E-state index contributed by atoms with van der Waals surface area (Å²) in [5.41, 5.74) is 0.963. The molecule has 0 heterocycles. The summed E-state index contributed by atoms with van der Waals surface area (Å²) in [4.78, 5) is 4.25. The number of methoxy groups -OCH3 is 3. The summed E-state index contributed by atoms with van der Waals surface area (Å²) in [6.07, 6.45) is 0. The second-order valence-corrected chi connectivity index (χ2v) is 5.60. The van der Waals surface area contributed by atoms with Crippen LogP contribution in [0.25, 0.3) is 0 Å². The molecule has 130 valence electrons. The first-order valence-electron chi connectivity index (χ1n) is 7.73. The second-order valence-electron chi connectivity index (χ2n) is 5.60. The van der Waals surface area contributed by atoms with Gasteiger partial charge in [-0.2, -0.15) is 0 Å². The van der Waals surface area contributed by atoms with E-state index in [2.05, 4.69) is 36.4 Å². The summed E-state index contributed by atoms with van der Waals surface area (Å²) in [5, 5.41) is 6.66. The van der Waals surface area contributed by atoms with Crippen LogP contribution in [-0.2, 0) is 6.54 Å². The Morgan fingerprint density at radius 3 is 2.17 bits per heavy atom. The molecule has 0 fully saturated rings. The van der Waals surface area contributed by atoms with Gasteiger partial charge in [0, 0.05) is 25.2 Å². The van der Waals surface area contributed by atoms with Crippen LogP contribution in [0.15, 0.2) is 17.1 Å². The van der Waals surface area contributed by atoms with Gasteiger partial charge in [0.05, 0.1) is 21.3 Å². The molecule has 0 saturated carbocycles. The highest BCUT2D eigenvalue weighted by atomic mass is 16.5. The Labute approximate surface area is 139 Å². The lowest BCUT2D eigenvalue weighted by Gasteiger charge is -2.21. The summed E-state index contributed by atoms with van der Waals surface area (Å²) in [6, 6.07) is 4.14. The van der Waals surface area contributed by atoms with Crippen molar-refractivity contribution in [3.63, 3.8) is 0 Å². The highest BCUT2D eigenvalue weighted by molar-refractivity contribution is 5.80. The van der Waals surface area contributed by atoms with Gasteiger partial charge in [-0.3, -0.25) is 4.99 Å². The van der Waals surface area contributed by atoms with E-state index < -0.39 is 0 Å². The zero-order valence-electron chi connectivity index (χ0n) is 15.2. The van der Waals surface area contributed by atoms with Crippen molar-refractivity contribution in [3.8, 4) is 17.2 Å². The van der Waals surface area contributed by atoms with Crippen molar-refractivity contribution in [2.45, 2.75) is 33.4 Å². The quantitative estimate of drug-likeness (QED) is 0.596. The van der Waals surface area contributed by atoms with Crippen LogP contribution >= 0.6 is 0 Å². The molecule has 0 bridgehead atoms. The lowest BCUT2D eigenvalue weighted by molar-refractivity contribution is 0.322. The van der Waals surface area contributed by atoms with Crippen molar-refractivity contribution in [1.29, 1.82) is 0 Å². The molecule has 1 atom stereocenters. The van der Waals surface area contributed by atoms with Crippen LogP contribution < -0.4 is 24.8 Å². The number of hydrogen-bond acceptors (Lipinski definition) is 4. The van der Waals surface area contributed by atoms with Gasteiger partial charge in [-0.25, -0.2) is 0 Å². The normalized spacial score (nSPS) is 12.8. The van der Waals surface area contributed by atoms with Crippen LogP contribution in [0.4, 0.5) is 0 Å². The van der Waals surface area contributed by atoms with Gasteiger partial charge in [0.25, 0.3) is 0 Å². The molecule has 0 aliphatic heterocycles. The Bertz CT molecular complexity index is 530. The minimum absolute atomic E-state index is 0.327. The first-order valence-corrected chi connectivity index (χ1v) is 7.73. The first kappa shape index (κ1) is 18.9. The zero-order chi connectivity index (χ0) is 17.4. The minimum Gasteiger partial charge on any atom is -0.493 e. The molecular weight excluding hydrogens is 294 g/mol. The molecule has 0 aromatic heterocycles. The van der Waals surface area contributed by atoms with Gasteiger partial charge >= 0.3 is 0 Å². The van der Waals surface area contributed by atoms with Gasteiger partial charge in [0.15, 0.2) is 17.5 Å². The Morgan fingerprint density at radius 1 is 1.04 bits per heavy atom. The predicted molar refractivity (Wildman–Crippen MR) is 93.7 cm³/mol. The smallest absolute Gasteiger partial charge is 0.203 e. The SMILES string of the molecule is CN=C(NCc1ccc(OC)c(OC)c1OC)NC(C)C(C)C. The van der Waals surface area contributed by atoms with E-state index in [0.29, 0.717) is 35.8 Å².